The van der Waals surface area contributed by atoms with Crippen molar-refractivity contribution in [1.29, 1.82) is 0 Å². The summed E-state index contributed by atoms with van der Waals surface area (Å²) in [6.07, 6.45) is 0. The average molecular weight is 484 g/mol. The summed E-state index contributed by atoms with van der Waals surface area (Å²) in [7, 11) is -4.74. The summed E-state index contributed by atoms with van der Waals surface area (Å²) in [6.45, 7) is 0. The molecular formula is C24H13F8P. The quantitative estimate of drug-likeness (QED) is 0.278. The Morgan fingerprint density at radius 3 is 0.727 bits per heavy atom. The van der Waals surface area contributed by atoms with Crippen molar-refractivity contribution in [2.24, 2.45) is 0 Å². The minimum absolute atomic E-state index is 0.446. The molecule has 4 aromatic carbocycles. The van der Waals surface area contributed by atoms with Gasteiger partial charge in [-0.3, -0.25) is 0 Å². The van der Waals surface area contributed by atoms with Gasteiger partial charge in [0.05, 0.1) is 0 Å². The first kappa shape index (κ1) is 22.9. The van der Waals surface area contributed by atoms with Gasteiger partial charge >= 0.3 is 183 Å². The van der Waals surface area contributed by atoms with Gasteiger partial charge in [0.25, 0.3) is 0 Å². The summed E-state index contributed by atoms with van der Waals surface area (Å²) >= 11 is 0. The zero-order chi connectivity index (χ0) is 23.9. The molecule has 0 N–H and O–H groups in total. The van der Waals surface area contributed by atoms with Crippen LogP contribution in [0.5, 0.6) is 0 Å². The Kier molecular flexibility index (Phi) is 5.97. The van der Waals surface area contributed by atoms with E-state index >= 15 is 17.6 Å². The van der Waals surface area contributed by atoms with Crippen LogP contribution in [0, 0.1) is 46.5 Å². The van der Waals surface area contributed by atoms with Gasteiger partial charge in [0.1, 0.15) is 0 Å². The minimum atomic E-state index is -4.74. The Bertz CT molecular complexity index is 1160. The van der Waals surface area contributed by atoms with E-state index in [2.05, 4.69) is 0 Å². The second kappa shape index (κ2) is 8.60. The van der Waals surface area contributed by atoms with E-state index in [0.29, 0.717) is 24.3 Å². The molecule has 0 radical (unpaired) electrons. The van der Waals surface area contributed by atoms with Crippen molar-refractivity contribution in [3.63, 3.8) is 0 Å². The summed E-state index contributed by atoms with van der Waals surface area (Å²) in [4.78, 5) is 0. The van der Waals surface area contributed by atoms with Gasteiger partial charge in [-0.25, -0.2) is 0 Å². The second-order valence-electron chi connectivity index (χ2n) is 7.25. The molecule has 0 nitrogen and oxygen atoms in total. The molecule has 0 bridgehead atoms. The predicted molar refractivity (Wildman–Crippen MR) is 112 cm³/mol. The van der Waals surface area contributed by atoms with E-state index in [1.807, 2.05) is 0 Å². The van der Waals surface area contributed by atoms with E-state index in [-0.39, 0.29) is 0 Å². The van der Waals surface area contributed by atoms with Crippen LogP contribution in [0.25, 0.3) is 0 Å². The van der Waals surface area contributed by atoms with Crippen LogP contribution < -0.4 is 21.2 Å². The molecule has 0 amide bonds. The van der Waals surface area contributed by atoms with Crippen LogP contribution in [-0.4, -0.2) is 0 Å². The van der Waals surface area contributed by atoms with Crippen molar-refractivity contribution in [2.75, 3.05) is 0 Å². The average Bonchev–Trinajstić information content (AvgIpc) is 2.72. The molecule has 0 unspecified atom stereocenters. The number of halogens is 8. The molecule has 0 saturated heterocycles. The van der Waals surface area contributed by atoms with E-state index in [1.54, 1.807) is 0 Å². The third-order valence-electron chi connectivity index (χ3n) is 5.34. The van der Waals surface area contributed by atoms with Crippen LogP contribution in [0.4, 0.5) is 35.1 Å². The zero-order valence-electron chi connectivity index (χ0n) is 16.5. The normalized spacial score (nSPS) is 12.1. The molecule has 9 heteroatoms. The van der Waals surface area contributed by atoms with Crippen LogP contribution in [0.1, 0.15) is 0 Å². The Balaban J connectivity index is 2.28. The van der Waals surface area contributed by atoms with Crippen LogP contribution in [0.3, 0.4) is 0 Å². The van der Waals surface area contributed by atoms with Crippen LogP contribution in [0.15, 0.2) is 72.8 Å². The third-order valence-corrected chi connectivity index (χ3v) is 10.2. The van der Waals surface area contributed by atoms with E-state index in [9.17, 15) is 17.6 Å². The maximum atomic E-state index is 15.2. The Hall–Kier alpha value is -3.25. The first-order valence-corrected chi connectivity index (χ1v) is 11.5. The van der Waals surface area contributed by atoms with Crippen molar-refractivity contribution in [2.45, 2.75) is 0 Å². The first-order chi connectivity index (χ1) is 15.6. The van der Waals surface area contributed by atoms with E-state index in [1.165, 1.54) is 0 Å². The SMILES string of the molecule is Fc1ccc([PH](c2ccc(F)cc2F)(c2ccc(F)cc2F)c2ccc(F)cc2F)c(F)c1. The predicted octanol–water partition coefficient (Wildman–Crippen LogP) is 5.15. The molecule has 0 atom stereocenters. The summed E-state index contributed by atoms with van der Waals surface area (Å²) < 4.78 is 116. The van der Waals surface area contributed by atoms with Crippen molar-refractivity contribution in [1.82, 2.24) is 0 Å². The van der Waals surface area contributed by atoms with E-state index < -0.39 is 75.0 Å². The molecule has 0 fully saturated rings. The summed E-state index contributed by atoms with van der Waals surface area (Å²) in [5.41, 5.74) is 0. The van der Waals surface area contributed by atoms with Gasteiger partial charge in [-0.2, -0.15) is 0 Å². The molecular weight excluding hydrogens is 471 g/mol. The fraction of sp³-hybridized carbons (Fsp3) is 0. The Morgan fingerprint density at radius 2 is 0.545 bits per heavy atom. The van der Waals surface area contributed by atoms with Crippen molar-refractivity contribution in [3.05, 3.63) is 119 Å². The second-order valence-corrected chi connectivity index (χ2v) is 10.9. The van der Waals surface area contributed by atoms with Gasteiger partial charge in [-0.15, -0.1) is 0 Å². The van der Waals surface area contributed by atoms with Gasteiger partial charge in [-0.05, 0) is 0 Å². The van der Waals surface area contributed by atoms with E-state index in [0.717, 1.165) is 48.5 Å². The topological polar surface area (TPSA) is 0 Å². The first-order valence-electron chi connectivity index (χ1n) is 9.46. The number of hydrogen-bond acceptors (Lipinski definition) is 0. The standard InChI is InChI=1S/C24H13F8P/c25-13-1-5-21(17(29)9-13)33(22-6-2-14(26)10-18(22)30,23-7-3-15(27)11-19(23)31)24-8-4-16(28)12-20(24)32/h1-12,33H. The Labute approximate surface area is 183 Å². The summed E-state index contributed by atoms with van der Waals surface area (Å²) in [5, 5.41) is -1.98. The maximum absolute atomic E-state index is 15.2. The number of hydrogen-bond donors (Lipinski definition) is 0. The monoisotopic (exact) mass is 484 g/mol. The van der Waals surface area contributed by atoms with Crippen molar-refractivity contribution in [3.8, 4) is 0 Å². The third kappa shape index (κ3) is 3.89. The molecule has 0 aromatic heterocycles. The number of benzene rings is 4. The fourth-order valence-electron chi connectivity index (χ4n) is 4.04. The summed E-state index contributed by atoms with van der Waals surface area (Å²) in [5.74, 6) is -9.13. The van der Waals surface area contributed by atoms with Crippen LogP contribution >= 0.6 is 7.26 Å². The van der Waals surface area contributed by atoms with Gasteiger partial charge in [0.15, 0.2) is 0 Å². The van der Waals surface area contributed by atoms with Crippen LogP contribution in [-0.2, 0) is 0 Å². The molecule has 4 rings (SSSR count). The van der Waals surface area contributed by atoms with E-state index in [4.69, 9.17) is 0 Å². The molecule has 0 saturated carbocycles. The fourth-order valence-corrected chi connectivity index (χ4v) is 8.84. The van der Waals surface area contributed by atoms with Crippen molar-refractivity contribution < 1.29 is 35.1 Å². The molecule has 170 valence electrons. The number of rotatable bonds is 4. The Morgan fingerprint density at radius 1 is 0.333 bits per heavy atom. The van der Waals surface area contributed by atoms with Gasteiger partial charge < -0.3 is 0 Å². The molecule has 0 aliphatic heterocycles. The van der Waals surface area contributed by atoms with Gasteiger partial charge in [0, 0.05) is 0 Å². The van der Waals surface area contributed by atoms with Crippen molar-refractivity contribution >= 4 is 28.5 Å². The molecule has 0 heterocycles. The zero-order valence-corrected chi connectivity index (χ0v) is 17.5. The molecule has 0 aliphatic carbocycles. The molecule has 0 spiro atoms. The summed E-state index contributed by atoms with van der Waals surface area (Å²) in [6, 6.07) is 8.60. The molecule has 4 aromatic rings. The van der Waals surface area contributed by atoms with Gasteiger partial charge in [-0.1, -0.05) is 0 Å². The van der Waals surface area contributed by atoms with Gasteiger partial charge in [0.2, 0.25) is 0 Å². The molecule has 33 heavy (non-hydrogen) atoms. The van der Waals surface area contributed by atoms with Crippen LogP contribution in [0.2, 0.25) is 0 Å². The molecule has 0 aliphatic rings.